The predicted molar refractivity (Wildman–Crippen MR) is 109 cm³/mol. The van der Waals surface area contributed by atoms with Crippen LogP contribution in [0.15, 0.2) is 18.3 Å². The summed E-state index contributed by atoms with van der Waals surface area (Å²) in [6.45, 7) is 5.84. The summed E-state index contributed by atoms with van der Waals surface area (Å²) in [5.41, 5.74) is 2.22. The lowest BCUT2D eigenvalue weighted by atomic mass is 9.91. The summed E-state index contributed by atoms with van der Waals surface area (Å²) in [5.74, 6) is 0.897. The molecule has 2 aromatic heterocycles. The average Bonchev–Trinajstić information content (AvgIpc) is 3.11. The third-order valence-corrected chi connectivity index (χ3v) is 6.61. The number of nitrogens with zero attached hydrogens (tertiary/aromatic N) is 7. The Balaban J connectivity index is 1.17. The van der Waals surface area contributed by atoms with Crippen LogP contribution in [0.5, 0.6) is 0 Å². The summed E-state index contributed by atoms with van der Waals surface area (Å²) in [4.78, 5) is 19.6. The molecule has 0 bridgehead atoms. The van der Waals surface area contributed by atoms with Crippen LogP contribution in [-0.2, 0) is 17.8 Å². The van der Waals surface area contributed by atoms with Crippen LogP contribution >= 0.6 is 11.6 Å². The minimum absolute atomic E-state index is 0.248. The summed E-state index contributed by atoms with van der Waals surface area (Å²) in [5, 5.41) is 13.0. The Morgan fingerprint density at radius 3 is 2.62 bits per heavy atom. The number of rotatable bonds is 4. The van der Waals surface area contributed by atoms with E-state index in [1.807, 2.05) is 11.1 Å². The molecule has 0 N–H and O–H groups in total. The van der Waals surface area contributed by atoms with Crippen molar-refractivity contribution < 1.29 is 4.79 Å². The number of hydrogen-bond acceptors (Lipinski definition) is 6. The van der Waals surface area contributed by atoms with Crippen molar-refractivity contribution in [3.05, 3.63) is 34.7 Å². The minimum atomic E-state index is 0.248. The fourth-order valence-electron chi connectivity index (χ4n) is 4.43. The Hall–Kier alpha value is -2.03. The summed E-state index contributed by atoms with van der Waals surface area (Å²) in [7, 11) is 0. The molecule has 1 amide bonds. The Kier molecular flexibility index (Phi) is 5.24. The van der Waals surface area contributed by atoms with E-state index in [4.69, 9.17) is 11.6 Å². The first-order valence-electron chi connectivity index (χ1n) is 10.5. The number of carbonyl (C=O) groups excluding carboxylic acids is 1. The molecule has 0 atom stereocenters. The predicted octanol–water partition coefficient (Wildman–Crippen LogP) is 1.37. The van der Waals surface area contributed by atoms with E-state index in [-0.39, 0.29) is 5.91 Å². The smallest absolute Gasteiger partial charge is 0.236 e. The van der Waals surface area contributed by atoms with Crippen molar-refractivity contribution in [3.8, 4) is 5.82 Å². The number of piperazine rings is 1. The van der Waals surface area contributed by atoms with E-state index in [0.29, 0.717) is 17.5 Å². The normalized spacial score (nSPS) is 21.1. The maximum absolute atomic E-state index is 12.8. The Labute approximate surface area is 175 Å². The molecular weight excluding hydrogens is 390 g/mol. The molecule has 2 fully saturated rings. The third kappa shape index (κ3) is 4.01. The maximum Gasteiger partial charge on any atom is 0.236 e. The fourth-order valence-corrected chi connectivity index (χ4v) is 4.54. The summed E-state index contributed by atoms with van der Waals surface area (Å²) < 4.78 is 1.75. The molecule has 0 aromatic carbocycles. The molecule has 1 saturated heterocycles. The van der Waals surface area contributed by atoms with Crippen molar-refractivity contribution in [1.82, 2.24) is 34.7 Å². The van der Waals surface area contributed by atoms with Crippen LogP contribution in [0.25, 0.3) is 5.82 Å². The standard InChI is InChI=1S/C20H26ClN7O/c21-18-4-5-19(23-22-18)28-13-15-12-25(7-6-17(15)24-28)14-20(29)27-10-8-26(9-11-27)16-2-1-3-16/h4-5,13,16H,1-3,6-12,14H2. The lowest BCUT2D eigenvalue weighted by Crippen LogP contribution is -2.55. The van der Waals surface area contributed by atoms with Crippen LogP contribution < -0.4 is 0 Å². The number of hydrogen-bond donors (Lipinski definition) is 0. The van der Waals surface area contributed by atoms with Gasteiger partial charge in [0.25, 0.3) is 0 Å². The zero-order valence-electron chi connectivity index (χ0n) is 16.5. The first-order valence-corrected chi connectivity index (χ1v) is 10.8. The molecule has 154 valence electrons. The van der Waals surface area contributed by atoms with Gasteiger partial charge in [0.2, 0.25) is 5.91 Å². The second kappa shape index (κ2) is 8.01. The topological polar surface area (TPSA) is 70.4 Å². The van der Waals surface area contributed by atoms with Crippen LogP contribution in [0.3, 0.4) is 0 Å². The minimum Gasteiger partial charge on any atom is -0.339 e. The van der Waals surface area contributed by atoms with Gasteiger partial charge in [-0.25, -0.2) is 4.68 Å². The van der Waals surface area contributed by atoms with E-state index < -0.39 is 0 Å². The largest absolute Gasteiger partial charge is 0.339 e. The molecule has 4 heterocycles. The average molecular weight is 416 g/mol. The zero-order valence-corrected chi connectivity index (χ0v) is 17.3. The zero-order chi connectivity index (χ0) is 19.8. The summed E-state index contributed by atoms with van der Waals surface area (Å²) in [6, 6.07) is 4.29. The van der Waals surface area contributed by atoms with Gasteiger partial charge < -0.3 is 4.90 Å². The Morgan fingerprint density at radius 2 is 1.93 bits per heavy atom. The molecule has 29 heavy (non-hydrogen) atoms. The highest BCUT2D eigenvalue weighted by Crippen LogP contribution is 2.25. The molecule has 8 nitrogen and oxygen atoms in total. The number of carbonyl (C=O) groups is 1. The molecule has 0 unspecified atom stereocenters. The number of fused-ring (bicyclic) bond motifs is 1. The van der Waals surface area contributed by atoms with Crippen LogP contribution in [0, 0.1) is 0 Å². The first-order chi connectivity index (χ1) is 14.2. The SMILES string of the molecule is O=C(CN1CCc2nn(-c3ccc(Cl)nn3)cc2C1)N1CCN(C2CCC2)CC1. The molecule has 5 rings (SSSR count). The number of amides is 1. The van der Waals surface area contributed by atoms with Gasteiger partial charge in [0, 0.05) is 63.5 Å². The lowest BCUT2D eigenvalue weighted by molar-refractivity contribution is -0.135. The van der Waals surface area contributed by atoms with Crippen molar-refractivity contribution in [2.24, 2.45) is 0 Å². The molecule has 3 aliphatic rings. The molecule has 2 aliphatic heterocycles. The van der Waals surface area contributed by atoms with Gasteiger partial charge >= 0.3 is 0 Å². The molecular formula is C20H26ClN7O. The second-order valence-corrected chi connectivity index (χ2v) is 8.61. The molecule has 1 aliphatic carbocycles. The van der Waals surface area contributed by atoms with Crippen LogP contribution in [-0.4, -0.2) is 85.9 Å². The highest BCUT2D eigenvalue weighted by Gasteiger charge is 2.30. The van der Waals surface area contributed by atoms with Gasteiger partial charge in [-0.2, -0.15) is 5.10 Å². The quantitative estimate of drug-likeness (QED) is 0.751. The van der Waals surface area contributed by atoms with Crippen molar-refractivity contribution in [2.45, 2.75) is 38.3 Å². The second-order valence-electron chi connectivity index (χ2n) is 8.22. The van der Waals surface area contributed by atoms with E-state index in [2.05, 4.69) is 25.1 Å². The monoisotopic (exact) mass is 415 g/mol. The molecule has 2 aromatic rings. The van der Waals surface area contributed by atoms with Gasteiger partial charge in [-0.05, 0) is 25.0 Å². The number of aromatic nitrogens is 4. The Bertz CT molecular complexity index is 871. The maximum atomic E-state index is 12.8. The highest BCUT2D eigenvalue weighted by atomic mass is 35.5. The van der Waals surface area contributed by atoms with Gasteiger partial charge in [-0.3, -0.25) is 14.6 Å². The highest BCUT2D eigenvalue weighted by molar-refractivity contribution is 6.29. The summed E-state index contributed by atoms with van der Waals surface area (Å²) >= 11 is 5.82. The molecule has 1 saturated carbocycles. The van der Waals surface area contributed by atoms with Crippen molar-refractivity contribution >= 4 is 17.5 Å². The van der Waals surface area contributed by atoms with E-state index in [1.54, 1.807) is 16.8 Å². The van der Waals surface area contributed by atoms with E-state index in [0.717, 1.165) is 63.0 Å². The van der Waals surface area contributed by atoms with E-state index in [1.165, 1.54) is 19.3 Å². The lowest BCUT2D eigenvalue weighted by Gasteiger charge is -2.43. The summed E-state index contributed by atoms with van der Waals surface area (Å²) in [6.07, 6.45) is 6.86. The van der Waals surface area contributed by atoms with Gasteiger partial charge in [0.1, 0.15) is 0 Å². The molecule has 0 spiro atoms. The van der Waals surface area contributed by atoms with Gasteiger partial charge in [-0.1, -0.05) is 18.0 Å². The van der Waals surface area contributed by atoms with Crippen molar-refractivity contribution in [2.75, 3.05) is 39.3 Å². The molecule has 0 radical (unpaired) electrons. The molecule has 9 heteroatoms. The third-order valence-electron chi connectivity index (χ3n) is 6.41. The van der Waals surface area contributed by atoms with E-state index in [9.17, 15) is 4.79 Å². The van der Waals surface area contributed by atoms with Gasteiger partial charge in [0.05, 0.1) is 12.2 Å². The van der Waals surface area contributed by atoms with Crippen molar-refractivity contribution in [3.63, 3.8) is 0 Å². The van der Waals surface area contributed by atoms with Crippen LogP contribution in [0.4, 0.5) is 0 Å². The van der Waals surface area contributed by atoms with Crippen molar-refractivity contribution in [1.29, 1.82) is 0 Å². The fraction of sp³-hybridized carbons (Fsp3) is 0.600. The number of halogens is 1. The van der Waals surface area contributed by atoms with E-state index >= 15 is 0 Å². The van der Waals surface area contributed by atoms with Gasteiger partial charge in [0.15, 0.2) is 11.0 Å². The first kappa shape index (κ1) is 19.0. The van der Waals surface area contributed by atoms with Crippen LogP contribution in [0.2, 0.25) is 5.15 Å². The van der Waals surface area contributed by atoms with Crippen LogP contribution in [0.1, 0.15) is 30.5 Å². The Morgan fingerprint density at radius 1 is 1.10 bits per heavy atom. The van der Waals surface area contributed by atoms with Gasteiger partial charge in [-0.15, -0.1) is 10.2 Å².